The fourth-order valence-corrected chi connectivity index (χ4v) is 4.12. The Morgan fingerprint density at radius 2 is 1.77 bits per heavy atom. The number of imidazole rings is 1. The first kappa shape index (κ1) is 23.7. The Morgan fingerprint density at radius 3 is 2.37 bits per heavy atom. The van der Waals surface area contributed by atoms with Crippen molar-refractivity contribution in [1.29, 1.82) is 0 Å². The number of carboxylic acid groups (broad SMARTS) is 1. The second-order valence-corrected chi connectivity index (χ2v) is 8.24. The lowest BCUT2D eigenvalue weighted by Crippen LogP contribution is -2.42. The van der Waals surface area contributed by atoms with Gasteiger partial charge in [-0.3, -0.25) is 4.79 Å². The van der Waals surface area contributed by atoms with Gasteiger partial charge in [-0.05, 0) is 29.2 Å². The zero-order valence-electron chi connectivity index (χ0n) is 19.2. The second-order valence-electron chi connectivity index (χ2n) is 8.24. The van der Waals surface area contributed by atoms with Crippen molar-refractivity contribution >= 4 is 18.0 Å². The molecule has 4 rings (SSSR count). The van der Waals surface area contributed by atoms with Crippen LogP contribution in [0.4, 0.5) is 4.79 Å². The van der Waals surface area contributed by atoms with Gasteiger partial charge in [-0.2, -0.15) is 0 Å². The van der Waals surface area contributed by atoms with Gasteiger partial charge in [0.05, 0.1) is 6.33 Å². The molecular formula is C26H26N4O5. The number of carbonyl (C=O) groups excluding carboxylic acids is 2. The number of hydrogen-bond acceptors (Lipinski definition) is 5. The molecule has 0 aliphatic heterocycles. The molecule has 9 heteroatoms. The molecule has 1 aromatic heterocycles. The minimum absolute atomic E-state index is 0.0426. The zero-order valence-corrected chi connectivity index (χ0v) is 19.2. The second kappa shape index (κ2) is 10.7. The van der Waals surface area contributed by atoms with E-state index >= 15 is 0 Å². The lowest BCUT2D eigenvalue weighted by Gasteiger charge is -2.15. The van der Waals surface area contributed by atoms with E-state index in [1.54, 1.807) is 6.92 Å². The number of ether oxygens (including phenoxy) is 1. The number of rotatable bonds is 9. The lowest BCUT2D eigenvalue weighted by molar-refractivity contribution is -0.141. The van der Waals surface area contributed by atoms with E-state index in [0.717, 1.165) is 22.3 Å². The molecule has 0 unspecified atom stereocenters. The maximum Gasteiger partial charge on any atom is 0.407 e. The SMILES string of the molecule is C/C(=C\CNC(=O)OCC1c2ccccc2-c2ccccc21)C(=O)N[C@H](Cc1cnc[nH]1)C(=O)O. The summed E-state index contributed by atoms with van der Waals surface area (Å²) < 4.78 is 5.47. The summed E-state index contributed by atoms with van der Waals surface area (Å²) in [5.74, 6) is -1.73. The van der Waals surface area contributed by atoms with E-state index in [1.807, 2.05) is 36.4 Å². The molecule has 3 aromatic rings. The lowest BCUT2D eigenvalue weighted by atomic mass is 9.98. The van der Waals surface area contributed by atoms with E-state index in [0.29, 0.717) is 5.69 Å². The molecule has 1 aliphatic carbocycles. The maximum atomic E-state index is 12.4. The summed E-state index contributed by atoms with van der Waals surface area (Å²) in [5.41, 5.74) is 5.41. The van der Waals surface area contributed by atoms with E-state index in [2.05, 4.69) is 32.7 Å². The third-order valence-corrected chi connectivity index (χ3v) is 5.94. The number of carboxylic acids is 1. The number of alkyl carbamates (subject to hydrolysis) is 1. The average molecular weight is 475 g/mol. The van der Waals surface area contributed by atoms with Gasteiger partial charge in [-0.15, -0.1) is 0 Å². The highest BCUT2D eigenvalue weighted by Crippen LogP contribution is 2.44. The number of amides is 2. The van der Waals surface area contributed by atoms with Crippen LogP contribution < -0.4 is 10.6 Å². The van der Waals surface area contributed by atoms with Crippen molar-refractivity contribution in [1.82, 2.24) is 20.6 Å². The molecule has 0 fully saturated rings. The Labute approximate surface area is 202 Å². The van der Waals surface area contributed by atoms with Crippen molar-refractivity contribution in [2.75, 3.05) is 13.2 Å². The van der Waals surface area contributed by atoms with Gasteiger partial charge >= 0.3 is 12.1 Å². The molecule has 2 amide bonds. The Morgan fingerprint density at radius 1 is 1.11 bits per heavy atom. The number of fused-ring (bicyclic) bond motifs is 3. The molecule has 0 bridgehead atoms. The quantitative estimate of drug-likeness (QED) is 0.352. The summed E-state index contributed by atoms with van der Waals surface area (Å²) in [6.45, 7) is 1.80. The van der Waals surface area contributed by atoms with Crippen molar-refractivity contribution in [2.24, 2.45) is 0 Å². The fourth-order valence-electron chi connectivity index (χ4n) is 4.12. The number of carbonyl (C=O) groups is 3. The summed E-state index contributed by atoms with van der Waals surface area (Å²) in [4.78, 5) is 42.8. The number of aromatic nitrogens is 2. The van der Waals surface area contributed by atoms with Crippen LogP contribution in [0.5, 0.6) is 0 Å². The minimum atomic E-state index is -1.16. The van der Waals surface area contributed by atoms with E-state index in [-0.39, 0.29) is 31.1 Å². The average Bonchev–Trinajstić information content (AvgIpc) is 3.48. The van der Waals surface area contributed by atoms with Crippen molar-refractivity contribution in [2.45, 2.75) is 25.3 Å². The van der Waals surface area contributed by atoms with Crippen LogP contribution in [0.25, 0.3) is 11.1 Å². The van der Waals surface area contributed by atoms with Gasteiger partial charge in [0.25, 0.3) is 0 Å². The third-order valence-electron chi connectivity index (χ3n) is 5.94. The van der Waals surface area contributed by atoms with Crippen molar-refractivity contribution in [3.05, 3.63) is 89.5 Å². The maximum absolute atomic E-state index is 12.4. The number of H-pyrrole nitrogens is 1. The number of hydrogen-bond donors (Lipinski definition) is 4. The van der Waals surface area contributed by atoms with Gasteiger partial charge in [0.15, 0.2) is 0 Å². The number of benzene rings is 2. The molecular weight excluding hydrogens is 448 g/mol. The number of nitrogens with zero attached hydrogens (tertiary/aromatic N) is 1. The molecule has 9 nitrogen and oxygen atoms in total. The summed E-state index contributed by atoms with van der Waals surface area (Å²) in [5, 5.41) is 14.5. The van der Waals surface area contributed by atoms with Crippen LogP contribution >= 0.6 is 0 Å². The third kappa shape index (κ3) is 5.57. The zero-order chi connectivity index (χ0) is 24.8. The Bertz CT molecular complexity index is 1210. The van der Waals surface area contributed by atoms with Gasteiger partial charge in [0.2, 0.25) is 5.91 Å². The van der Waals surface area contributed by atoms with Crippen molar-refractivity contribution in [3.63, 3.8) is 0 Å². The van der Waals surface area contributed by atoms with Crippen LogP contribution in [0.1, 0.15) is 29.7 Å². The summed E-state index contributed by atoms with van der Waals surface area (Å²) >= 11 is 0. The number of aromatic amines is 1. The van der Waals surface area contributed by atoms with Gasteiger partial charge in [0.1, 0.15) is 12.6 Å². The van der Waals surface area contributed by atoms with Gasteiger partial charge < -0.3 is 25.5 Å². The molecule has 0 radical (unpaired) electrons. The first-order valence-electron chi connectivity index (χ1n) is 11.2. The van der Waals surface area contributed by atoms with E-state index in [4.69, 9.17) is 4.74 Å². The molecule has 2 aromatic carbocycles. The van der Waals surface area contributed by atoms with E-state index in [1.165, 1.54) is 18.6 Å². The van der Waals surface area contributed by atoms with Crippen LogP contribution in [-0.4, -0.2) is 52.2 Å². The fraction of sp³-hybridized carbons (Fsp3) is 0.231. The summed E-state index contributed by atoms with van der Waals surface area (Å²) in [7, 11) is 0. The molecule has 35 heavy (non-hydrogen) atoms. The van der Waals surface area contributed by atoms with Crippen LogP contribution in [0.3, 0.4) is 0 Å². The smallest absolute Gasteiger partial charge is 0.407 e. The minimum Gasteiger partial charge on any atom is -0.480 e. The molecule has 180 valence electrons. The topological polar surface area (TPSA) is 133 Å². The van der Waals surface area contributed by atoms with Crippen LogP contribution in [0, 0.1) is 0 Å². The van der Waals surface area contributed by atoms with Crippen molar-refractivity contribution in [3.8, 4) is 11.1 Å². The van der Waals surface area contributed by atoms with Crippen LogP contribution in [0.2, 0.25) is 0 Å². The van der Waals surface area contributed by atoms with E-state index in [9.17, 15) is 19.5 Å². The van der Waals surface area contributed by atoms with Crippen LogP contribution in [0.15, 0.2) is 72.7 Å². The first-order valence-corrected chi connectivity index (χ1v) is 11.2. The van der Waals surface area contributed by atoms with Gasteiger partial charge in [-0.25, -0.2) is 14.6 Å². The standard InChI is InChI=1S/C26H26N4O5/c1-16(24(31)30-23(25(32)33)12-17-13-27-15-29-17)10-11-28-26(34)35-14-22-20-8-4-2-6-18(20)19-7-3-5-9-21(19)22/h2-10,13,15,22-23H,11-12,14H2,1H3,(H,27,29)(H,28,34)(H,30,31)(H,32,33)/b16-10+/t23-/m1/s1. The Kier molecular flexibility index (Phi) is 7.25. The predicted octanol–water partition coefficient (Wildman–Crippen LogP) is 3.01. The molecule has 1 atom stereocenters. The molecule has 0 spiro atoms. The van der Waals surface area contributed by atoms with Crippen molar-refractivity contribution < 1.29 is 24.2 Å². The predicted molar refractivity (Wildman–Crippen MR) is 129 cm³/mol. The van der Waals surface area contributed by atoms with Gasteiger partial charge in [-0.1, -0.05) is 54.6 Å². The highest BCUT2D eigenvalue weighted by atomic mass is 16.5. The largest absolute Gasteiger partial charge is 0.480 e. The molecule has 1 aliphatic rings. The monoisotopic (exact) mass is 474 g/mol. The highest BCUT2D eigenvalue weighted by Gasteiger charge is 2.29. The normalized spacial score (nSPS) is 13.5. The first-order chi connectivity index (χ1) is 16.9. The Hall–Kier alpha value is -4.40. The Balaban J connectivity index is 1.27. The number of nitrogens with one attached hydrogen (secondary N) is 3. The molecule has 0 saturated heterocycles. The summed E-state index contributed by atoms with van der Waals surface area (Å²) in [6, 6.07) is 15.0. The number of aliphatic carboxylic acids is 1. The van der Waals surface area contributed by atoms with Crippen LogP contribution in [-0.2, 0) is 20.7 Å². The molecule has 4 N–H and O–H groups in total. The molecule has 0 saturated carbocycles. The van der Waals surface area contributed by atoms with E-state index < -0.39 is 24.0 Å². The highest BCUT2D eigenvalue weighted by molar-refractivity contribution is 5.95. The molecule has 1 heterocycles. The summed E-state index contributed by atoms with van der Waals surface area (Å²) in [6.07, 6.45) is 3.93. The van der Waals surface area contributed by atoms with Gasteiger partial charge in [0, 0.05) is 36.3 Å².